The summed E-state index contributed by atoms with van der Waals surface area (Å²) in [4.78, 5) is 25.5. The van der Waals surface area contributed by atoms with E-state index >= 15 is 0 Å². The van der Waals surface area contributed by atoms with Crippen molar-refractivity contribution in [1.82, 2.24) is 0 Å². The molecule has 1 aliphatic heterocycles. The van der Waals surface area contributed by atoms with Crippen LogP contribution in [0.25, 0.3) is 0 Å². The van der Waals surface area contributed by atoms with Crippen LogP contribution in [0, 0.1) is 13.8 Å². The molecular formula is C24H32NO3P. The minimum absolute atomic E-state index is 0.0480. The summed E-state index contributed by atoms with van der Waals surface area (Å²) in [7, 11) is -2.02. The molecule has 0 atom stereocenters. The fraction of sp³-hybridized carbons (Fsp3) is 0.417. The average Bonchev–Trinajstić information content (AvgIpc) is 2.71. The third-order valence-electron chi connectivity index (χ3n) is 5.96. The molecule has 3 rings (SSSR count). The van der Waals surface area contributed by atoms with E-state index in [4.69, 9.17) is 4.74 Å². The van der Waals surface area contributed by atoms with Gasteiger partial charge in [0.15, 0.2) is 0 Å². The zero-order valence-corrected chi connectivity index (χ0v) is 18.5. The Labute approximate surface area is 174 Å². The number of hydrogen-bond acceptors (Lipinski definition) is 3. The number of amides is 1. The Hall–Kier alpha value is -2.19. The molecule has 1 fully saturated rings. The molecular weight excluding hydrogens is 381 g/mol. The third kappa shape index (κ3) is 6.14. The molecule has 1 amide bonds. The molecule has 156 valence electrons. The first-order valence-corrected chi connectivity index (χ1v) is 13.4. The second-order valence-corrected chi connectivity index (χ2v) is 13.1. The molecule has 1 saturated heterocycles. The van der Waals surface area contributed by atoms with Crippen LogP contribution in [-0.4, -0.2) is 36.5 Å². The van der Waals surface area contributed by atoms with Gasteiger partial charge in [0.05, 0.1) is 0 Å². The van der Waals surface area contributed by atoms with Crippen LogP contribution in [0.15, 0.2) is 48.5 Å². The summed E-state index contributed by atoms with van der Waals surface area (Å²) in [6.45, 7) is 4.33. The molecule has 0 spiro atoms. The molecule has 0 radical (unpaired) electrons. The van der Waals surface area contributed by atoms with E-state index in [9.17, 15) is 9.59 Å². The molecule has 4 nitrogen and oxygen atoms in total. The fourth-order valence-corrected chi connectivity index (χ4v) is 8.92. The Morgan fingerprint density at radius 2 is 1.55 bits per heavy atom. The number of ether oxygens (including phenoxy) is 1. The number of esters is 1. The van der Waals surface area contributed by atoms with Crippen molar-refractivity contribution in [2.45, 2.75) is 39.7 Å². The van der Waals surface area contributed by atoms with E-state index in [-0.39, 0.29) is 11.9 Å². The molecule has 0 aliphatic carbocycles. The first-order chi connectivity index (χ1) is 14.0. The Morgan fingerprint density at radius 1 is 0.897 bits per heavy atom. The third-order valence-corrected chi connectivity index (χ3v) is 10.9. The number of hydrogen-bond donors (Lipinski definition) is 1. The van der Waals surface area contributed by atoms with E-state index < -0.39 is 7.26 Å². The molecule has 1 N–H and O–H groups in total. The van der Waals surface area contributed by atoms with E-state index in [0.717, 1.165) is 47.5 Å². The van der Waals surface area contributed by atoms with Crippen LogP contribution in [0.5, 0.6) is 0 Å². The molecule has 0 aromatic heterocycles. The Morgan fingerprint density at radius 3 is 2.21 bits per heavy atom. The SMILES string of the molecule is Cc1cccc(C)c1NC(=O)C[PH]1(CC(=O)OCc2ccccc2)CCCCC1. The van der Waals surface area contributed by atoms with Gasteiger partial charge in [-0.1, -0.05) is 0 Å². The Kier molecular flexibility index (Phi) is 7.44. The monoisotopic (exact) mass is 413 g/mol. The summed E-state index contributed by atoms with van der Waals surface area (Å²) in [6, 6.07) is 15.8. The van der Waals surface area contributed by atoms with Crippen molar-refractivity contribution in [3.05, 3.63) is 65.2 Å². The van der Waals surface area contributed by atoms with Gasteiger partial charge in [-0.3, -0.25) is 0 Å². The number of para-hydroxylation sites is 1. The summed E-state index contributed by atoms with van der Waals surface area (Å²) >= 11 is 0. The normalized spacial score (nSPS) is 16.6. The second-order valence-electron chi connectivity index (χ2n) is 8.38. The van der Waals surface area contributed by atoms with Gasteiger partial charge in [0.1, 0.15) is 0 Å². The quantitative estimate of drug-likeness (QED) is 0.518. The van der Waals surface area contributed by atoms with Crippen molar-refractivity contribution in [3.8, 4) is 0 Å². The Bertz CT molecular complexity index is 824. The first-order valence-electron chi connectivity index (χ1n) is 10.5. The predicted octanol–water partition coefficient (Wildman–Crippen LogP) is 4.92. The van der Waals surface area contributed by atoms with E-state index in [0.29, 0.717) is 18.9 Å². The molecule has 1 aliphatic rings. The zero-order chi connectivity index (χ0) is 20.7. The topological polar surface area (TPSA) is 55.4 Å². The summed E-state index contributed by atoms with van der Waals surface area (Å²) in [5.41, 5.74) is 4.04. The molecule has 2 aromatic carbocycles. The van der Waals surface area contributed by atoms with Crippen molar-refractivity contribution >= 4 is 24.8 Å². The number of nitrogens with one attached hydrogen (secondary N) is 1. The summed E-state index contributed by atoms with van der Waals surface area (Å²) in [5.74, 6) is -0.103. The van der Waals surface area contributed by atoms with Crippen molar-refractivity contribution in [3.63, 3.8) is 0 Å². The van der Waals surface area contributed by atoms with Gasteiger partial charge in [-0.15, -0.1) is 0 Å². The summed E-state index contributed by atoms with van der Waals surface area (Å²) in [5, 5.41) is 3.13. The molecule has 0 saturated carbocycles. The molecule has 29 heavy (non-hydrogen) atoms. The van der Waals surface area contributed by atoms with E-state index in [2.05, 4.69) is 5.32 Å². The summed E-state index contributed by atoms with van der Waals surface area (Å²) < 4.78 is 5.56. The number of aryl methyl sites for hydroxylation is 2. The van der Waals surface area contributed by atoms with Gasteiger partial charge < -0.3 is 0 Å². The van der Waals surface area contributed by atoms with Crippen molar-refractivity contribution in [2.24, 2.45) is 0 Å². The van der Waals surface area contributed by atoms with Gasteiger partial charge >= 0.3 is 174 Å². The number of rotatable bonds is 7. The van der Waals surface area contributed by atoms with Gasteiger partial charge in [0, 0.05) is 0 Å². The van der Waals surface area contributed by atoms with Gasteiger partial charge in [-0.05, 0) is 0 Å². The number of carbonyl (C=O) groups is 2. The fourth-order valence-electron chi connectivity index (χ4n) is 4.35. The molecule has 0 bridgehead atoms. The van der Waals surface area contributed by atoms with Crippen LogP contribution >= 0.6 is 7.26 Å². The van der Waals surface area contributed by atoms with Gasteiger partial charge in [-0.25, -0.2) is 0 Å². The van der Waals surface area contributed by atoms with Gasteiger partial charge in [0.25, 0.3) is 0 Å². The van der Waals surface area contributed by atoms with Crippen molar-refractivity contribution in [2.75, 3.05) is 30.0 Å². The molecule has 0 unspecified atom stereocenters. The van der Waals surface area contributed by atoms with E-state index in [1.165, 1.54) is 6.42 Å². The number of carbonyl (C=O) groups excluding carboxylic acids is 2. The predicted molar refractivity (Wildman–Crippen MR) is 122 cm³/mol. The van der Waals surface area contributed by atoms with E-state index in [1.54, 1.807) is 0 Å². The van der Waals surface area contributed by atoms with E-state index in [1.807, 2.05) is 62.4 Å². The number of anilines is 1. The van der Waals surface area contributed by atoms with Gasteiger partial charge in [0.2, 0.25) is 0 Å². The van der Waals surface area contributed by atoms with Crippen LogP contribution < -0.4 is 5.32 Å². The molecule has 5 heteroatoms. The molecule has 2 aromatic rings. The standard InChI is InChI=1S/C24H32NO3P/c1-19-10-9-11-20(2)24(19)25-22(26)17-29(14-7-4-8-15-29)18-23(27)28-16-21-12-5-3-6-13-21/h3,5-6,9-13,29H,4,7-8,14-18H2,1-2H3,(H,25,26). The van der Waals surface area contributed by atoms with Crippen LogP contribution in [-0.2, 0) is 20.9 Å². The summed E-state index contributed by atoms with van der Waals surface area (Å²) in [6.07, 6.45) is 6.46. The average molecular weight is 413 g/mol. The van der Waals surface area contributed by atoms with Crippen molar-refractivity contribution in [1.29, 1.82) is 0 Å². The molecule has 1 heterocycles. The number of benzene rings is 2. The van der Waals surface area contributed by atoms with Crippen LogP contribution in [0.1, 0.15) is 36.0 Å². The van der Waals surface area contributed by atoms with Crippen LogP contribution in [0.3, 0.4) is 0 Å². The Balaban J connectivity index is 1.63. The zero-order valence-electron chi connectivity index (χ0n) is 17.5. The first kappa shape index (κ1) is 21.5. The maximum absolute atomic E-state index is 12.9. The maximum atomic E-state index is 12.9. The van der Waals surface area contributed by atoms with Crippen LogP contribution in [0.4, 0.5) is 5.69 Å². The minimum atomic E-state index is -2.02. The second kappa shape index (κ2) is 10.0. The van der Waals surface area contributed by atoms with Crippen molar-refractivity contribution < 1.29 is 14.3 Å². The van der Waals surface area contributed by atoms with Gasteiger partial charge in [-0.2, -0.15) is 0 Å². The van der Waals surface area contributed by atoms with Crippen LogP contribution in [0.2, 0.25) is 0 Å².